The molecule has 2 aromatic rings. The summed E-state index contributed by atoms with van der Waals surface area (Å²) >= 11 is 5.80. The molecule has 1 aromatic heterocycles. The maximum atomic E-state index is 12.1. The number of hydrogen-bond donors (Lipinski definition) is 2. The second-order valence-corrected chi connectivity index (χ2v) is 4.97. The molecule has 11 heteroatoms. The molecule has 0 atom stereocenters. The zero-order chi connectivity index (χ0) is 18.6. The first-order valence-corrected chi connectivity index (χ1v) is 6.98. The number of nitrogens with zero attached hydrogens (tertiary/aromatic N) is 1. The average Bonchev–Trinajstić information content (AvgIpc) is 3.04. The van der Waals surface area contributed by atoms with Gasteiger partial charge in [-0.1, -0.05) is 11.6 Å². The lowest BCUT2D eigenvalue weighted by Crippen LogP contribution is -2.41. The number of halogens is 1. The van der Waals surface area contributed by atoms with Crippen LogP contribution in [0.2, 0.25) is 5.02 Å². The maximum absolute atomic E-state index is 12.1. The van der Waals surface area contributed by atoms with Gasteiger partial charge in [0.1, 0.15) is 10.7 Å². The quantitative estimate of drug-likeness (QED) is 0.363. The van der Waals surface area contributed by atoms with Crippen LogP contribution in [-0.4, -0.2) is 22.7 Å². The van der Waals surface area contributed by atoms with Gasteiger partial charge in [-0.05, 0) is 24.3 Å². The largest absolute Gasteiger partial charge is 0.433 e. The SMILES string of the molecule is CC(=O)Oc1ccc(Cl)cc1C(=O)NNC(=O)c1ccc([N+](=O)[O-])o1. The summed E-state index contributed by atoms with van der Waals surface area (Å²) in [4.78, 5) is 44.7. The molecule has 25 heavy (non-hydrogen) atoms. The van der Waals surface area contributed by atoms with Gasteiger partial charge in [0.05, 0.1) is 11.6 Å². The molecule has 0 aliphatic carbocycles. The molecule has 2 N–H and O–H groups in total. The summed E-state index contributed by atoms with van der Waals surface area (Å²) in [6, 6.07) is 6.03. The van der Waals surface area contributed by atoms with Crippen molar-refractivity contribution in [2.24, 2.45) is 0 Å². The highest BCUT2D eigenvalue weighted by Crippen LogP contribution is 2.23. The Hall–Kier alpha value is -3.40. The van der Waals surface area contributed by atoms with Gasteiger partial charge in [0.15, 0.2) is 0 Å². The van der Waals surface area contributed by atoms with Crippen LogP contribution in [-0.2, 0) is 4.79 Å². The van der Waals surface area contributed by atoms with Gasteiger partial charge in [0.25, 0.3) is 5.91 Å². The monoisotopic (exact) mass is 367 g/mol. The number of nitrogens with one attached hydrogen (secondary N) is 2. The summed E-state index contributed by atoms with van der Waals surface area (Å²) in [6.45, 7) is 1.15. The van der Waals surface area contributed by atoms with Crippen molar-refractivity contribution in [2.75, 3.05) is 0 Å². The molecule has 0 saturated heterocycles. The number of nitro groups is 1. The van der Waals surface area contributed by atoms with Crippen molar-refractivity contribution in [3.63, 3.8) is 0 Å². The first-order valence-electron chi connectivity index (χ1n) is 6.61. The van der Waals surface area contributed by atoms with E-state index in [9.17, 15) is 24.5 Å². The van der Waals surface area contributed by atoms with Gasteiger partial charge >= 0.3 is 17.8 Å². The Bertz CT molecular complexity index is 862. The highest BCUT2D eigenvalue weighted by Gasteiger charge is 2.19. The molecule has 0 unspecified atom stereocenters. The fraction of sp³-hybridized carbons (Fsp3) is 0.0714. The number of esters is 1. The van der Waals surface area contributed by atoms with E-state index in [0.717, 1.165) is 19.1 Å². The Morgan fingerprint density at radius 1 is 1.16 bits per heavy atom. The van der Waals surface area contributed by atoms with E-state index in [2.05, 4.69) is 9.84 Å². The van der Waals surface area contributed by atoms with Crippen LogP contribution in [0.25, 0.3) is 0 Å². The summed E-state index contributed by atoms with van der Waals surface area (Å²) in [5, 5.41) is 10.7. The van der Waals surface area contributed by atoms with E-state index in [-0.39, 0.29) is 22.1 Å². The first kappa shape index (κ1) is 17.9. The van der Waals surface area contributed by atoms with E-state index in [1.807, 2.05) is 5.43 Å². The lowest BCUT2D eigenvalue weighted by molar-refractivity contribution is -0.402. The van der Waals surface area contributed by atoms with Crippen LogP contribution in [0, 0.1) is 10.1 Å². The Balaban J connectivity index is 2.09. The van der Waals surface area contributed by atoms with Crippen molar-refractivity contribution in [2.45, 2.75) is 6.92 Å². The predicted molar refractivity (Wildman–Crippen MR) is 83.1 cm³/mol. The van der Waals surface area contributed by atoms with Gasteiger partial charge in [-0.2, -0.15) is 0 Å². The zero-order valence-corrected chi connectivity index (χ0v) is 13.3. The van der Waals surface area contributed by atoms with Crippen LogP contribution < -0.4 is 15.6 Å². The standard InChI is InChI=1S/C14H10ClN3O7/c1-7(19)24-10-3-2-8(15)6-9(10)13(20)16-17-14(21)11-4-5-12(25-11)18(22)23/h2-6H,1H3,(H,16,20)(H,17,21). The van der Waals surface area contributed by atoms with Gasteiger partial charge < -0.3 is 9.15 Å². The lowest BCUT2D eigenvalue weighted by atomic mass is 10.2. The number of amides is 2. The van der Waals surface area contributed by atoms with Crippen LogP contribution in [0.4, 0.5) is 5.88 Å². The molecular formula is C14H10ClN3O7. The minimum atomic E-state index is -0.919. The molecule has 0 aliphatic rings. The number of carbonyl (C=O) groups excluding carboxylic acids is 3. The Morgan fingerprint density at radius 3 is 2.44 bits per heavy atom. The third kappa shape index (κ3) is 4.54. The van der Waals surface area contributed by atoms with Crippen molar-refractivity contribution in [1.29, 1.82) is 0 Å². The summed E-state index contributed by atoms with van der Waals surface area (Å²) in [5.74, 6) is -3.45. The topological polar surface area (TPSA) is 141 Å². The normalized spacial score (nSPS) is 10.0. The minimum absolute atomic E-state index is 0.0581. The highest BCUT2D eigenvalue weighted by atomic mass is 35.5. The molecule has 0 bridgehead atoms. The van der Waals surface area contributed by atoms with Crippen molar-refractivity contribution < 1.29 is 28.5 Å². The first-order chi connectivity index (χ1) is 11.8. The molecule has 0 radical (unpaired) electrons. The number of hydrogen-bond acceptors (Lipinski definition) is 7. The second-order valence-electron chi connectivity index (χ2n) is 4.54. The third-order valence-electron chi connectivity index (χ3n) is 2.73. The molecule has 1 heterocycles. The molecule has 2 amide bonds. The Morgan fingerprint density at radius 2 is 1.84 bits per heavy atom. The van der Waals surface area contributed by atoms with Gasteiger partial charge in [-0.3, -0.25) is 35.3 Å². The average molecular weight is 368 g/mol. The fourth-order valence-corrected chi connectivity index (χ4v) is 1.89. The predicted octanol–water partition coefficient (Wildman–Crippen LogP) is 1.84. The van der Waals surface area contributed by atoms with Gasteiger partial charge in [0, 0.05) is 11.9 Å². The number of hydrazine groups is 1. The van der Waals surface area contributed by atoms with E-state index in [1.54, 1.807) is 0 Å². The van der Waals surface area contributed by atoms with Crippen molar-refractivity contribution in [3.05, 3.63) is 56.8 Å². The van der Waals surface area contributed by atoms with E-state index >= 15 is 0 Å². The van der Waals surface area contributed by atoms with E-state index in [4.69, 9.17) is 16.3 Å². The second kappa shape index (κ2) is 7.45. The molecule has 0 spiro atoms. The molecule has 10 nitrogen and oxygen atoms in total. The van der Waals surface area contributed by atoms with E-state index < -0.39 is 28.6 Å². The Kier molecular flexibility index (Phi) is 5.35. The zero-order valence-electron chi connectivity index (χ0n) is 12.6. The van der Waals surface area contributed by atoms with E-state index in [1.165, 1.54) is 18.2 Å². The van der Waals surface area contributed by atoms with Crippen LogP contribution in [0.1, 0.15) is 27.8 Å². The molecule has 130 valence electrons. The molecule has 0 fully saturated rings. The number of carbonyl (C=O) groups is 3. The molecule has 0 aliphatic heterocycles. The van der Waals surface area contributed by atoms with Gasteiger partial charge in [-0.25, -0.2) is 0 Å². The van der Waals surface area contributed by atoms with Crippen LogP contribution in [0.15, 0.2) is 34.7 Å². The van der Waals surface area contributed by atoms with Crippen LogP contribution in [0.5, 0.6) is 5.75 Å². The Labute approximate surface area is 144 Å². The smallest absolute Gasteiger partial charge is 0.426 e. The van der Waals surface area contributed by atoms with Crippen molar-refractivity contribution in [1.82, 2.24) is 10.9 Å². The maximum Gasteiger partial charge on any atom is 0.433 e. The number of furan rings is 1. The van der Waals surface area contributed by atoms with Crippen molar-refractivity contribution in [3.8, 4) is 5.75 Å². The van der Waals surface area contributed by atoms with Crippen LogP contribution >= 0.6 is 11.6 Å². The molecular weight excluding hydrogens is 358 g/mol. The molecule has 2 rings (SSSR count). The summed E-state index contributed by atoms with van der Waals surface area (Å²) in [5.41, 5.74) is 3.97. The fourth-order valence-electron chi connectivity index (χ4n) is 1.71. The molecule has 1 aromatic carbocycles. The summed E-state index contributed by atoms with van der Waals surface area (Å²) in [7, 11) is 0. The van der Waals surface area contributed by atoms with Gasteiger partial charge in [-0.15, -0.1) is 0 Å². The van der Waals surface area contributed by atoms with E-state index in [0.29, 0.717) is 0 Å². The van der Waals surface area contributed by atoms with Crippen molar-refractivity contribution >= 4 is 35.3 Å². The minimum Gasteiger partial charge on any atom is -0.426 e. The number of rotatable bonds is 4. The number of ether oxygens (including phenoxy) is 1. The number of benzene rings is 1. The van der Waals surface area contributed by atoms with Crippen LogP contribution in [0.3, 0.4) is 0 Å². The summed E-state index contributed by atoms with van der Waals surface area (Å²) in [6.07, 6.45) is 0. The lowest BCUT2D eigenvalue weighted by Gasteiger charge is -2.10. The molecule has 0 saturated carbocycles. The summed E-state index contributed by atoms with van der Waals surface area (Å²) < 4.78 is 9.57. The third-order valence-corrected chi connectivity index (χ3v) is 2.96. The van der Waals surface area contributed by atoms with Gasteiger partial charge in [0.2, 0.25) is 5.76 Å². The highest BCUT2D eigenvalue weighted by molar-refractivity contribution is 6.31.